The van der Waals surface area contributed by atoms with Crippen LogP contribution in [0.25, 0.3) is 0 Å². The standard InChI is InChI=1S/C44H64N2O12/c1-24-12-11-15-30-23-53-41-37(45-50)26(3)18-33(44(30,41)49)42(48)55-32-19-31(17-16-25(2)39(24)56-36-20-35(51-6)38(47)28(5)54-36)57-43(21-32)22-34(46-52-7)27(4)40(58-43)29-13-9-8-10-14-29/h11-12,15-16,18,24,27-29,31-33,35-36,38-41,47,49-50H,8-10,13-14,17,19-23H2,1-7H3/b12-11+,25-16+,30-15+,45-37+,46-34+/t24-,27-,28-,31+,32-,33-,35-,36-,38-,39-,40-,41+,43-,44+/m0/s1. The largest absolute Gasteiger partial charge is 0.462 e. The zero-order valence-corrected chi connectivity index (χ0v) is 35.1. The minimum atomic E-state index is -1.88. The number of aliphatic hydroxyl groups is 2. The van der Waals surface area contributed by atoms with Crippen LogP contribution in [-0.4, -0.2) is 120 Å². The van der Waals surface area contributed by atoms with Gasteiger partial charge in [0.15, 0.2) is 12.1 Å². The van der Waals surface area contributed by atoms with Crippen LogP contribution >= 0.6 is 0 Å². The fourth-order valence-corrected chi connectivity index (χ4v) is 10.5. The molecule has 5 heterocycles. The van der Waals surface area contributed by atoms with E-state index in [1.54, 1.807) is 33.3 Å². The van der Waals surface area contributed by atoms with E-state index in [9.17, 15) is 20.2 Å². The molecule has 7 aliphatic rings. The van der Waals surface area contributed by atoms with Gasteiger partial charge in [-0.15, -0.1) is 0 Å². The van der Waals surface area contributed by atoms with Crippen molar-refractivity contribution in [3.05, 3.63) is 47.1 Å². The minimum absolute atomic E-state index is 0.00977. The molecule has 5 fully saturated rings. The summed E-state index contributed by atoms with van der Waals surface area (Å²) in [5, 5.41) is 41.3. The highest BCUT2D eigenvalue weighted by Gasteiger charge is 2.60. The smallest absolute Gasteiger partial charge is 0.316 e. The van der Waals surface area contributed by atoms with Gasteiger partial charge < -0.3 is 53.4 Å². The minimum Gasteiger partial charge on any atom is -0.462 e. The van der Waals surface area contributed by atoms with Crippen molar-refractivity contribution in [1.29, 1.82) is 0 Å². The highest BCUT2D eigenvalue weighted by atomic mass is 16.7. The number of ether oxygens (including phenoxy) is 7. The molecule has 1 spiro atoms. The Bertz CT molecular complexity index is 1680. The lowest BCUT2D eigenvalue weighted by Crippen LogP contribution is -2.59. The zero-order chi connectivity index (χ0) is 41.4. The second-order valence-corrected chi connectivity index (χ2v) is 17.6. The molecule has 0 aromatic rings. The summed E-state index contributed by atoms with van der Waals surface area (Å²) in [4.78, 5) is 19.9. The van der Waals surface area contributed by atoms with Gasteiger partial charge in [-0.25, -0.2) is 0 Å². The van der Waals surface area contributed by atoms with Crippen LogP contribution < -0.4 is 0 Å². The Kier molecular flexibility index (Phi) is 13.4. The molecule has 14 atom stereocenters. The quantitative estimate of drug-likeness (QED) is 0.134. The lowest BCUT2D eigenvalue weighted by atomic mass is 9.71. The molecule has 14 heteroatoms. The number of hydrogen-bond donors (Lipinski definition) is 3. The van der Waals surface area contributed by atoms with Crippen molar-refractivity contribution in [2.75, 3.05) is 20.8 Å². The third-order valence-corrected chi connectivity index (χ3v) is 13.7. The summed E-state index contributed by atoms with van der Waals surface area (Å²) in [7, 11) is 3.13. The summed E-state index contributed by atoms with van der Waals surface area (Å²) in [5.41, 5.74) is 1.06. The van der Waals surface area contributed by atoms with E-state index < -0.39 is 72.3 Å². The number of rotatable bonds is 5. The zero-order valence-electron chi connectivity index (χ0n) is 35.1. The van der Waals surface area contributed by atoms with Gasteiger partial charge >= 0.3 is 5.97 Å². The third-order valence-electron chi connectivity index (χ3n) is 13.7. The van der Waals surface area contributed by atoms with Crippen LogP contribution in [0.3, 0.4) is 0 Å². The summed E-state index contributed by atoms with van der Waals surface area (Å²) < 4.78 is 45.2. The Labute approximate surface area is 342 Å². The molecule has 4 saturated heterocycles. The first kappa shape index (κ1) is 43.1. The molecule has 0 radical (unpaired) electrons. The topological polar surface area (TPSA) is 176 Å². The van der Waals surface area contributed by atoms with Crippen molar-refractivity contribution in [3.63, 3.8) is 0 Å². The number of fused-ring (bicyclic) bond motifs is 2. The molecule has 0 unspecified atom stereocenters. The van der Waals surface area contributed by atoms with Gasteiger partial charge in [0.25, 0.3) is 0 Å². The van der Waals surface area contributed by atoms with Crippen molar-refractivity contribution in [3.8, 4) is 0 Å². The fraction of sp³-hybridized carbons (Fsp3) is 0.750. The Morgan fingerprint density at radius 2 is 1.79 bits per heavy atom. The number of esters is 1. The van der Waals surface area contributed by atoms with Gasteiger partial charge in [-0.1, -0.05) is 73.8 Å². The molecule has 0 aromatic carbocycles. The third kappa shape index (κ3) is 8.50. The molecule has 14 nitrogen and oxygen atoms in total. The number of allylic oxidation sites excluding steroid dienone is 2. The predicted octanol–water partition coefficient (Wildman–Crippen LogP) is 5.68. The maximum absolute atomic E-state index is 14.5. The number of carbonyl (C=O) groups is 1. The van der Waals surface area contributed by atoms with Gasteiger partial charge in [0.2, 0.25) is 0 Å². The fourth-order valence-electron chi connectivity index (χ4n) is 10.5. The molecular formula is C44H64N2O12. The summed E-state index contributed by atoms with van der Waals surface area (Å²) >= 11 is 0. The molecule has 0 amide bonds. The molecule has 2 bridgehead atoms. The van der Waals surface area contributed by atoms with Gasteiger partial charge in [0.1, 0.15) is 42.7 Å². The van der Waals surface area contributed by atoms with E-state index in [-0.39, 0.29) is 36.7 Å². The average molecular weight is 813 g/mol. The summed E-state index contributed by atoms with van der Waals surface area (Å²) in [6, 6.07) is 0. The van der Waals surface area contributed by atoms with Gasteiger partial charge in [-0.3, -0.25) is 4.79 Å². The number of hydrogen-bond acceptors (Lipinski definition) is 14. The summed E-state index contributed by atoms with van der Waals surface area (Å²) in [5.74, 6) is -2.74. The van der Waals surface area contributed by atoms with Crippen molar-refractivity contribution in [1.82, 2.24) is 0 Å². The highest BCUT2D eigenvalue weighted by Crippen LogP contribution is 2.48. The van der Waals surface area contributed by atoms with Gasteiger partial charge in [0.05, 0.1) is 42.8 Å². The van der Waals surface area contributed by atoms with Gasteiger partial charge in [-0.05, 0) is 62.7 Å². The van der Waals surface area contributed by atoms with E-state index in [1.807, 2.05) is 32.9 Å². The van der Waals surface area contributed by atoms with Crippen molar-refractivity contribution in [2.45, 2.75) is 165 Å². The Hall–Kier alpha value is -2.95. The average Bonchev–Trinajstić information content (AvgIpc) is 3.54. The second kappa shape index (κ2) is 18.0. The molecule has 2 aliphatic carbocycles. The normalized spacial score (nSPS) is 46.7. The van der Waals surface area contributed by atoms with Gasteiger partial charge in [-0.2, -0.15) is 0 Å². The van der Waals surface area contributed by atoms with E-state index in [4.69, 9.17) is 38.0 Å². The van der Waals surface area contributed by atoms with Crippen molar-refractivity contribution < 1.29 is 58.2 Å². The van der Waals surface area contributed by atoms with E-state index >= 15 is 0 Å². The van der Waals surface area contributed by atoms with E-state index in [0.717, 1.165) is 37.0 Å². The highest BCUT2D eigenvalue weighted by molar-refractivity contribution is 6.07. The van der Waals surface area contributed by atoms with Crippen LogP contribution in [-0.2, 0) is 42.8 Å². The monoisotopic (exact) mass is 812 g/mol. The molecule has 5 aliphatic heterocycles. The molecule has 322 valence electrons. The van der Waals surface area contributed by atoms with Crippen LogP contribution in [0.15, 0.2) is 57.4 Å². The van der Waals surface area contributed by atoms with E-state index in [1.165, 1.54) is 6.42 Å². The molecule has 1 saturated carbocycles. The van der Waals surface area contributed by atoms with Crippen molar-refractivity contribution in [2.24, 2.45) is 34.0 Å². The first-order valence-electron chi connectivity index (χ1n) is 21.3. The molecule has 0 aromatic heterocycles. The first-order chi connectivity index (χ1) is 27.8. The second-order valence-electron chi connectivity index (χ2n) is 17.6. The lowest BCUT2D eigenvalue weighted by molar-refractivity contribution is -0.325. The van der Waals surface area contributed by atoms with Gasteiger partial charge in [0, 0.05) is 44.6 Å². The maximum atomic E-state index is 14.5. The lowest BCUT2D eigenvalue weighted by Gasteiger charge is -2.51. The molecule has 7 rings (SSSR count). The Balaban J connectivity index is 1.28. The first-order valence-corrected chi connectivity index (χ1v) is 21.3. The van der Waals surface area contributed by atoms with Crippen LogP contribution in [0.5, 0.6) is 0 Å². The SMILES string of the molecule is CO/N=C1\C[C@]2(C[C@@H]3C[C@@H](C/C=C(\C)[C@@H](O[C@H]4C[C@H](OC)[C@@H](O)[C@H](C)O4)[C@@H](C)/C=C/C=C4\CO[C@@H]5/C(=N/O)C(C)=C[C@@H](C(=O)O3)[C@]45O)O2)O[C@H](C2CCCCC2)[C@H]1C. The van der Waals surface area contributed by atoms with E-state index in [2.05, 4.69) is 23.3 Å². The van der Waals surface area contributed by atoms with Crippen LogP contribution in [0.4, 0.5) is 0 Å². The Morgan fingerprint density at radius 3 is 2.52 bits per heavy atom. The van der Waals surface area contributed by atoms with Crippen LogP contribution in [0, 0.1) is 23.7 Å². The van der Waals surface area contributed by atoms with Crippen molar-refractivity contribution >= 4 is 17.4 Å². The maximum Gasteiger partial charge on any atom is 0.316 e. The Morgan fingerprint density at radius 1 is 1.02 bits per heavy atom. The number of nitrogens with zero attached hydrogens (tertiary/aromatic N) is 2. The number of oxime groups is 2. The molecule has 3 N–H and O–H groups in total. The molecular weight excluding hydrogens is 748 g/mol. The van der Waals surface area contributed by atoms with E-state index in [0.29, 0.717) is 42.7 Å². The predicted molar refractivity (Wildman–Crippen MR) is 213 cm³/mol. The molecule has 58 heavy (non-hydrogen) atoms. The summed E-state index contributed by atoms with van der Waals surface area (Å²) in [6.07, 6.45) is 11.7. The number of methoxy groups -OCH3 is 1. The summed E-state index contributed by atoms with van der Waals surface area (Å²) in [6.45, 7) is 9.76. The number of carbonyl (C=O) groups excluding carboxylic acids is 1. The van der Waals surface area contributed by atoms with Crippen LogP contribution in [0.1, 0.15) is 98.8 Å². The van der Waals surface area contributed by atoms with Crippen LogP contribution in [0.2, 0.25) is 0 Å². The number of aliphatic hydroxyl groups excluding tert-OH is 1.